The summed E-state index contributed by atoms with van der Waals surface area (Å²) in [6.07, 6.45) is 3.12. The Kier molecular flexibility index (Phi) is 4.52. The molecule has 1 heterocycles. The standard InChI is InChI=1S/C19H18N4O/c1-22(15-9-5-3-6-10-15)18-14-20-17(13-21-18)19(24)23(2)16-11-7-4-8-12-16/h3-14H,1-2H3. The summed E-state index contributed by atoms with van der Waals surface area (Å²) in [5.74, 6) is 0.489. The highest BCUT2D eigenvalue weighted by Gasteiger charge is 2.16. The number of carbonyl (C=O) groups excluding carboxylic acids is 1. The van der Waals surface area contributed by atoms with Crippen molar-refractivity contribution in [1.82, 2.24) is 9.97 Å². The van der Waals surface area contributed by atoms with Gasteiger partial charge in [-0.3, -0.25) is 4.79 Å². The van der Waals surface area contributed by atoms with Gasteiger partial charge in [0.05, 0.1) is 12.4 Å². The van der Waals surface area contributed by atoms with Crippen LogP contribution in [0.4, 0.5) is 17.2 Å². The van der Waals surface area contributed by atoms with E-state index in [-0.39, 0.29) is 5.91 Å². The number of hydrogen-bond donors (Lipinski definition) is 0. The molecule has 0 spiro atoms. The van der Waals surface area contributed by atoms with Crippen molar-refractivity contribution >= 4 is 23.1 Å². The van der Waals surface area contributed by atoms with Crippen molar-refractivity contribution in [2.45, 2.75) is 0 Å². The summed E-state index contributed by atoms with van der Waals surface area (Å²) in [5.41, 5.74) is 2.13. The Morgan fingerprint density at radius 3 is 1.92 bits per heavy atom. The molecule has 0 aliphatic rings. The zero-order valence-electron chi connectivity index (χ0n) is 13.6. The Balaban J connectivity index is 1.78. The normalized spacial score (nSPS) is 10.2. The molecule has 120 valence electrons. The van der Waals surface area contributed by atoms with Crippen LogP contribution in [0.2, 0.25) is 0 Å². The minimum atomic E-state index is -0.192. The first-order valence-corrected chi connectivity index (χ1v) is 7.61. The average Bonchev–Trinajstić information content (AvgIpc) is 2.68. The maximum Gasteiger partial charge on any atom is 0.278 e. The van der Waals surface area contributed by atoms with Crippen LogP contribution in [0.5, 0.6) is 0 Å². The largest absolute Gasteiger partial charge is 0.328 e. The zero-order valence-corrected chi connectivity index (χ0v) is 13.6. The molecule has 2 aromatic carbocycles. The van der Waals surface area contributed by atoms with Gasteiger partial charge in [-0.2, -0.15) is 0 Å². The summed E-state index contributed by atoms with van der Waals surface area (Å²) in [4.78, 5) is 24.6. The summed E-state index contributed by atoms with van der Waals surface area (Å²) in [6, 6.07) is 19.3. The summed E-state index contributed by atoms with van der Waals surface area (Å²) >= 11 is 0. The third kappa shape index (κ3) is 3.25. The third-order valence-electron chi connectivity index (χ3n) is 3.79. The van der Waals surface area contributed by atoms with Gasteiger partial charge in [-0.1, -0.05) is 36.4 Å². The molecule has 24 heavy (non-hydrogen) atoms. The second-order valence-electron chi connectivity index (χ2n) is 5.35. The first kappa shape index (κ1) is 15.7. The SMILES string of the molecule is CN(C(=O)c1cnc(N(C)c2ccccc2)cn1)c1ccccc1. The molecule has 1 aromatic heterocycles. The van der Waals surface area contributed by atoms with Crippen molar-refractivity contribution in [3.05, 3.63) is 78.8 Å². The van der Waals surface area contributed by atoms with Crippen LogP contribution >= 0.6 is 0 Å². The van der Waals surface area contributed by atoms with Crippen LogP contribution in [0, 0.1) is 0 Å². The number of benzene rings is 2. The zero-order chi connectivity index (χ0) is 16.9. The van der Waals surface area contributed by atoms with Gasteiger partial charge < -0.3 is 9.80 Å². The number of amides is 1. The molecule has 3 aromatic rings. The summed E-state index contributed by atoms with van der Waals surface area (Å²) in [6.45, 7) is 0. The molecule has 0 aliphatic carbocycles. The van der Waals surface area contributed by atoms with Gasteiger partial charge >= 0.3 is 0 Å². The monoisotopic (exact) mass is 318 g/mol. The number of nitrogens with zero attached hydrogens (tertiary/aromatic N) is 4. The van der Waals surface area contributed by atoms with Gasteiger partial charge in [0.25, 0.3) is 5.91 Å². The second-order valence-corrected chi connectivity index (χ2v) is 5.35. The van der Waals surface area contributed by atoms with E-state index >= 15 is 0 Å². The van der Waals surface area contributed by atoms with Gasteiger partial charge in [0.2, 0.25) is 0 Å². The first-order chi connectivity index (χ1) is 11.7. The Bertz CT molecular complexity index is 804. The molecule has 0 aliphatic heterocycles. The molecule has 0 fully saturated rings. The highest BCUT2D eigenvalue weighted by molar-refractivity contribution is 6.04. The lowest BCUT2D eigenvalue weighted by molar-refractivity contribution is 0.0988. The van der Waals surface area contributed by atoms with E-state index in [0.717, 1.165) is 11.4 Å². The predicted octanol–water partition coefficient (Wildman–Crippen LogP) is 3.52. The molecule has 0 saturated carbocycles. The molecule has 0 bridgehead atoms. The average molecular weight is 318 g/mol. The molecule has 0 saturated heterocycles. The van der Waals surface area contributed by atoms with Crippen molar-refractivity contribution in [1.29, 1.82) is 0 Å². The van der Waals surface area contributed by atoms with Crippen molar-refractivity contribution in [2.24, 2.45) is 0 Å². The smallest absolute Gasteiger partial charge is 0.278 e. The molecule has 0 unspecified atom stereocenters. The van der Waals surface area contributed by atoms with Crippen LogP contribution in [-0.2, 0) is 0 Å². The lowest BCUT2D eigenvalue weighted by Crippen LogP contribution is -2.27. The van der Waals surface area contributed by atoms with Gasteiger partial charge in [0.15, 0.2) is 5.82 Å². The highest BCUT2D eigenvalue weighted by atomic mass is 16.2. The fourth-order valence-electron chi connectivity index (χ4n) is 2.33. The van der Waals surface area contributed by atoms with Gasteiger partial charge in [-0.15, -0.1) is 0 Å². The maximum atomic E-state index is 12.5. The van der Waals surface area contributed by atoms with E-state index in [4.69, 9.17) is 0 Å². The fourth-order valence-corrected chi connectivity index (χ4v) is 2.33. The minimum Gasteiger partial charge on any atom is -0.328 e. The number of anilines is 3. The molecule has 5 nitrogen and oxygen atoms in total. The lowest BCUT2D eigenvalue weighted by atomic mass is 10.3. The Hall–Kier alpha value is -3.21. The number of aromatic nitrogens is 2. The Morgan fingerprint density at radius 2 is 1.38 bits per heavy atom. The molecule has 0 N–H and O–H groups in total. The van der Waals surface area contributed by atoms with Crippen molar-refractivity contribution < 1.29 is 4.79 Å². The second kappa shape index (κ2) is 6.91. The van der Waals surface area contributed by atoms with Gasteiger partial charge in [0.1, 0.15) is 5.69 Å². The van der Waals surface area contributed by atoms with E-state index in [1.807, 2.05) is 72.6 Å². The van der Waals surface area contributed by atoms with Gasteiger partial charge in [0, 0.05) is 25.5 Å². The van der Waals surface area contributed by atoms with Crippen LogP contribution < -0.4 is 9.80 Å². The summed E-state index contributed by atoms with van der Waals surface area (Å²) in [7, 11) is 3.64. The van der Waals surface area contributed by atoms with Crippen LogP contribution in [0.1, 0.15) is 10.5 Å². The van der Waals surface area contributed by atoms with E-state index in [9.17, 15) is 4.79 Å². The Morgan fingerprint density at radius 1 is 0.792 bits per heavy atom. The molecule has 0 atom stereocenters. The maximum absolute atomic E-state index is 12.5. The summed E-state index contributed by atoms with van der Waals surface area (Å²) in [5, 5.41) is 0. The van der Waals surface area contributed by atoms with Crippen molar-refractivity contribution in [3.63, 3.8) is 0 Å². The van der Waals surface area contributed by atoms with E-state index in [0.29, 0.717) is 11.5 Å². The quantitative estimate of drug-likeness (QED) is 0.738. The molecular formula is C19H18N4O. The molecule has 5 heteroatoms. The first-order valence-electron chi connectivity index (χ1n) is 7.61. The summed E-state index contributed by atoms with van der Waals surface area (Å²) < 4.78 is 0. The molecule has 0 radical (unpaired) electrons. The number of carbonyl (C=O) groups is 1. The number of para-hydroxylation sites is 2. The third-order valence-corrected chi connectivity index (χ3v) is 3.79. The minimum absolute atomic E-state index is 0.192. The molecular weight excluding hydrogens is 300 g/mol. The van der Waals surface area contributed by atoms with Crippen LogP contribution in [-0.4, -0.2) is 30.0 Å². The van der Waals surface area contributed by atoms with Crippen LogP contribution in [0.3, 0.4) is 0 Å². The molecule has 3 rings (SSSR count). The lowest BCUT2D eigenvalue weighted by Gasteiger charge is -2.19. The number of rotatable bonds is 4. The molecule has 1 amide bonds. The number of hydrogen-bond acceptors (Lipinski definition) is 4. The van der Waals surface area contributed by atoms with Crippen LogP contribution in [0.15, 0.2) is 73.1 Å². The topological polar surface area (TPSA) is 49.3 Å². The van der Waals surface area contributed by atoms with E-state index in [1.54, 1.807) is 18.1 Å². The van der Waals surface area contributed by atoms with E-state index in [2.05, 4.69) is 9.97 Å². The fraction of sp³-hybridized carbons (Fsp3) is 0.105. The Labute approximate surface area is 141 Å². The predicted molar refractivity (Wildman–Crippen MR) is 95.7 cm³/mol. The van der Waals surface area contributed by atoms with Crippen molar-refractivity contribution in [2.75, 3.05) is 23.9 Å². The van der Waals surface area contributed by atoms with E-state index in [1.165, 1.54) is 6.20 Å². The highest BCUT2D eigenvalue weighted by Crippen LogP contribution is 2.20. The van der Waals surface area contributed by atoms with Crippen LogP contribution in [0.25, 0.3) is 0 Å². The van der Waals surface area contributed by atoms with Gasteiger partial charge in [-0.05, 0) is 24.3 Å². The van der Waals surface area contributed by atoms with E-state index < -0.39 is 0 Å². The van der Waals surface area contributed by atoms with Gasteiger partial charge in [-0.25, -0.2) is 9.97 Å². The van der Waals surface area contributed by atoms with Crippen molar-refractivity contribution in [3.8, 4) is 0 Å².